The van der Waals surface area contributed by atoms with Gasteiger partial charge in [-0.2, -0.15) is 0 Å². The number of hydrogen-bond donors (Lipinski definition) is 2. The van der Waals surface area contributed by atoms with Crippen LogP contribution in [-0.2, 0) is 4.79 Å². The van der Waals surface area contributed by atoms with Gasteiger partial charge in [0, 0.05) is 24.4 Å². The Morgan fingerprint density at radius 2 is 2.04 bits per heavy atom. The van der Waals surface area contributed by atoms with Gasteiger partial charge in [-0.3, -0.25) is 4.79 Å². The van der Waals surface area contributed by atoms with Crippen molar-refractivity contribution in [2.24, 2.45) is 0 Å². The van der Waals surface area contributed by atoms with Gasteiger partial charge in [-0.1, -0.05) is 25.1 Å². The third kappa shape index (κ3) is 4.33. The van der Waals surface area contributed by atoms with Crippen molar-refractivity contribution in [1.82, 2.24) is 15.3 Å². The highest BCUT2D eigenvalue weighted by Crippen LogP contribution is 2.27. The normalized spacial score (nSPS) is 12.1. The molecule has 0 aliphatic carbocycles. The number of carbonyl (C=O) groups is 1. The van der Waals surface area contributed by atoms with Gasteiger partial charge in [0.25, 0.3) is 0 Å². The van der Waals surface area contributed by atoms with E-state index in [9.17, 15) is 4.79 Å². The van der Waals surface area contributed by atoms with Crippen LogP contribution >= 0.6 is 11.3 Å². The zero-order valence-electron chi connectivity index (χ0n) is 14.5. The molecule has 0 radical (unpaired) electrons. The SMILES string of the molecule is CC[C@@H](C)NC(=O)CCNc1nc(-c2cccs2)nc2ccccc12. The molecule has 0 aliphatic heterocycles. The van der Waals surface area contributed by atoms with Crippen molar-refractivity contribution < 1.29 is 4.79 Å². The van der Waals surface area contributed by atoms with E-state index >= 15 is 0 Å². The number of anilines is 1. The second-order valence-corrected chi connectivity index (χ2v) is 6.89. The number of benzene rings is 1. The maximum absolute atomic E-state index is 11.9. The second kappa shape index (κ2) is 8.07. The summed E-state index contributed by atoms with van der Waals surface area (Å²) in [6.45, 7) is 4.60. The number of nitrogens with one attached hydrogen (secondary N) is 2. The number of nitrogens with zero attached hydrogens (tertiary/aromatic N) is 2. The molecule has 1 amide bonds. The van der Waals surface area contributed by atoms with Crippen molar-refractivity contribution in [2.45, 2.75) is 32.7 Å². The number of hydrogen-bond acceptors (Lipinski definition) is 5. The molecular weight excluding hydrogens is 332 g/mol. The molecule has 1 aromatic carbocycles. The minimum Gasteiger partial charge on any atom is -0.369 e. The summed E-state index contributed by atoms with van der Waals surface area (Å²) in [4.78, 5) is 22.3. The van der Waals surface area contributed by atoms with Crippen molar-refractivity contribution in [2.75, 3.05) is 11.9 Å². The van der Waals surface area contributed by atoms with E-state index in [0.717, 1.165) is 28.0 Å². The minimum absolute atomic E-state index is 0.0543. The third-order valence-corrected chi connectivity index (χ3v) is 4.87. The summed E-state index contributed by atoms with van der Waals surface area (Å²) in [7, 11) is 0. The van der Waals surface area contributed by atoms with Crippen LogP contribution in [0.5, 0.6) is 0 Å². The molecule has 2 aromatic heterocycles. The van der Waals surface area contributed by atoms with Gasteiger partial charge in [-0.25, -0.2) is 9.97 Å². The van der Waals surface area contributed by atoms with Crippen molar-refractivity contribution >= 4 is 34.0 Å². The highest BCUT2D eigenvalue weighted by atomic mass is 32.1. The molecule has 3 aromatic rings. The van der Waals surface area contributed by atoms with Crippen molar-refractivity contribution in [1.29, 1.82) is 0 Å². The summed E-state index contributed by atoms with van der Waals surface area (Å²) in [6.07, 6.45) is 1.34. The van der Waals surface area contributed by atoms with Gasteiger partial charge in [-0.05, 0) is 36.9 Å². The van der Waals surface area contributed by atoms with E-state index in [0.29, 0.717) is 18.8 Å². The van der Waals surface area contributed by atoms with Crippen LogP contribution in [0.4, 0.5) is 5.82 Å². The Balaban J connectivity index is 1.77. The van der Waals surface area contributed by atoms with E-state index < -0.39 is 0 Å². The van der Waals surface area contributed by atoms with Crippen molar-refractivity contribution in [3.05, 3.63) is 41.8 Å². The first-order valence-corrected chi connectivity index (χ1v) is 9.39. The predicted molar refractivity (Wildman–Crippen MR) is 104 cm³/mol. The van der Waals surface area contributed by atoms with Crippen LogP contribution in [0.1, 0.15) is 26.7 Å². The average molecular weight is 354 g/mol. The molecule has 1 atom stereocenters. The first-order chi connectivity index (χ1) is 12.2. The van der Waals surface area contributed by atoms with E-state index in [2.05, 4.69) is 27.5 Å². The topological polar surface area (TPSA) is 66.9 Å². The lowest BCUT2D eigenvalue weighted by Crippen LogP contribution is -2.33. The first kappa shape index (κ1) is 17.4. The van der Waals surface area contributed by atoms with Crippen molar-refractivity contribution in [3.63, 3.8) is 0 Å². The number of para-hydroxylation sites is 1. The lowest BCUT2D eigenvalue weighted by molar-refractivity contribution is -0.121. The standard InChI is InChI=1S/C19H22N4OS/c1-3-13(2)21-17(24)10-11-20-18-14-7-4-5-8-15(14)22-19(23-18)16-9-6-12-25-16/h4-9,12-13H,3,10-11H2,1-2H3,(H,21,24)(H,20,22,23)/t13-/m1/s1. The van der Waals surface area contributed by atoms with Gasteiger partial charge >= 0.3 is 0 Å². The molecule has 3 rings (SSSR count). The molecule has 0 bridgehead atoms. The second-order valence-electron chi connectivity index (χ2n) is 5.94. The smallest absolute Gasteiger partial charge is 0.221 e. The monoisotopic (exact) mass is 354 g/mol. The predicted octanol–water partition coefficient (Wildman–Crippen LogP) is 4.08. The molecule has 0 aliphatic rings. The van der Waals surface area contributed by atoms with Gasteiger partial charge in [-0.15, -0.1) is 11.3 Å². The highest BCUT2D eigenvalue weighted by molar-refractivity contribution is 7.13. The minimum atomic E-state index is 0.0543. The molecule has 0 unspecified atom stereocenters. The fraction of sp³-hybridized carbons (Fsp3) is 0.316. The highest BCUT2D eigenvalue weighted by Gasteiger charge is 2.11. The fourth-order valence-electron chi connectivity index (χ4n) is 2.47. The van der Waals surface area contributed by atoms with E-state index in [4.69, 9.17) is 0 Å². The lowest BCUT2D eigenvalue weighted by atomic mass is 10.2. The summed E-state index contributed by atoms with van der Waals surface area (Å²) < 4.78 is 0. The molecule has 5 nitrogen and oxygen atoms in total. The molecule has 2 heterocycles. The zero-order chi connectivity index (χ0) is 17.6. The largest absolute Gasteiger partial charge is 0.369 e. The number of fused-ring (bicyclic) bond motifs is 1. The van der Waals surface area contributed by atoms with Gasteiger partial charge in [0.05, 0.1) is 10.4 Å². The van der Waals surface area contributed by atoms with E-state index in [1.165, 1.54) is 0 Å². The average Bonchev–Trinajstić information content (AvgIpc) is 3.16. The summed E-state index contributed by atoms with van der Waals surface area (Å²) in [6, 6.07) is 12.1. The van der Waals surface area contributed by atoms with Crippen LogP contribution in [0.3, 0.4) is 0 Å². The van der Waals surface area contributed by atoms with Crippen LogP contribution in [0.15, 0.2) is 41.8 Å². The lowest BCUT2D eigenvalue weighted by Gasteiger charge is -2.13. The molecule has 6 heteroatoms. The summed E-state index contributed by atoms with van der Waals surface area (Å²) >= 11 is 1.61. The molecule has 0 saturated heterocycles. The number of thiophene rings is 1. The maximum Gasteiger partial charge on any atom is 0.221 e. The maximum atomic E-state index is 11.9. The Hall–Kier alpha value is -2.47. The van der Waals surface area contributed by atoms with Gasteiger partial charge < -0.3 is 10.6 Å². The number of aromatic nitrogens is 2. The van der Waals surface area contributed by atoms with Crippen LogP contribution in [-0.4, -0.2) is 28.5 Å². The summed E-state index contributed by atoms with van der Waals surface area (Å²) in [5.74, 6) is 1.53. The molecule has 130 valence electrons. The molecule has 0 saturated carbocycles. The Bertz CT molecular complexity index is 848. The number of amides is 1. The van der Waals surface area contributed by atoms with Crippen LogP contribution in [0.25, 0.3) is 21.6 Å². The summed E-state index contributed by atoms with van der Waals surface area (Å²) in [5, 5.41) is 9.26. The van der Waals surface area contributed by atoms with Crippen LogP contribution < -0.4 is 10.6 Å². The molecule has 2 N–H and O–H groups in total. The quantitative estimate of drug-likeness (QED) is 0.671. The van der Waals surface area contributed by atoms with Gasteiger partial charge in [0.1, 0.15) is 5.82 Å². The van der Waals surface area contributed by atoms with E-state index in [-0.39, 0.29) is 11.9 Å². The van der Waals surface area contributed by atoms with Crippen LogP contribution in [0, 0.1) is 0 Å². The van der Waals surface area contributed by atoms with Gasteiger partial charge in [0.15, 0.2) is 5.82 Å². The van der Waals surface area contributed by atoms with E-state index in [1.54, 1.807) is 11.3 Å². The number of rotatable bonds is 7. The zero-order valence-corrected chi connectivity index (χ0v) is 15.3. The number of carbonyl (C=O) groups excluding carboxylic acids is 1. The molecular formula is C19H22N4OS. The van der Waals surface area contributed by atoms with Crippen molar-refractivity contribution in [3.8, 4) is 10.7 Å². The Morgan fingerprint density at radius 3 is 2.80 bits per heavy atom. The summed E-state index contributed by atoms with van der Waals surface area (Å²) in [5.41, 5.74) is 0.896. The first-order valence-electron chi connectivity index (χ1n) is 8.51. The molecule has 0 spiro atoms. The fourth-order valence-corrected chi connectivity index (χ4v) is 3.13. The van der Waals surface area contributed by atoms with E-state index in [1.807, 2.05) is 48.7 Å². The third-order valence-electron chi connectivity index (χ3n) is 4.01. The van der Waals surface area contributed by atoms with Crippen LogP contribution in [0.2, 0.25) is 0 Å². The Kier molecular flexibility index (Phi) is 5.60. The molecule has 0 fully saturated rings. The molecule has 25 heavy (non-hydrogen) atoms. The van der Waals surface area contributed by atoms with Gasteiger partial charge in [0.2, 0.25) is 5.91 Å². The Morgan fingerprint density at radius 1 is 1.20 bits per heavy atom. The Labute approximate surface area is 151 Å².